The average Bonchev–Trinajstić information content (AvgIpc) is 3.46. The molecule has 1 saturated carbocycles. The van der Waals surface area contributed by atoms with Crippen molar-refractivity contribution in [3.8, 4) is 0 Å². The predicted molar refractivity (Wildman–Crippen MR) is 132 cm³/mol. The van der Waals surface area contributed by atoms with Gasteiger partial charge in [0.15, 0.2) is 0 Å². The number of halogens is 1. The number of rotatable bonds is 6. The first-order chi connectivity index (χ1) is 17.5. The molecule has 0 bridgehead atoms. The lowest BCUT2D eigenvalue weighted by Crippen LogP contribution is -2.48. The van der Waals surface area contributed by atoms with E-state index in [1.807, 2.05) is 0 Å². The van der Waals surface area contributed by atoms with E-state index in [-0.39, 0.29) is 42.3 Å². The van der Waals surface area contributed by atoms with Crippen LogP contribution < -0.4 is 4.90 Å². The number of aliphatic carboxylic acids is 1. The molecule has 202 valence electrons. The first-order valence-electron chi connectivity index (χ1n) is 12.1. The highest BCUT2D eigenvalue weighted by molar-refractivity contribution is 8.15. The van der Waals surface area contributed by atoms with E-state index in [0.717, 1.165) is 17.9 Å². The summed E-state index contributed by atoms with van der Waals surface area (Å²) in [7, 11) is 0. The molecule has 1 N–H and O–H groups in total. The second-order valence-corrected chi connectivity index (χ2v) is 11.4. The summed E-state index contributed by atoms with van der Waals surface area (Å²) in [5.41, 5.74) is -1.45. The summed E-state index contributed by atoms with van der Waals surface area (Å²) >= 11 is -1.10. The van der Waals surface area contributed by atoms with Gasteiger partial charge in [-0.05, 0) is 55.6 Å². The second-order valence-electron chi connectivity index (χ2n) is 9.56. The number of hydrogen-bond donors (Lipinski definition) is 1. The molecule has 3 aliphatic rings. The van der Waals surface area contributed by atoms with Crippen LogP contribution in [-0.2, 0) is 28.7 Å². The van der Waals surface area contributed by atoms with Crippen LogP contribution in [0.4, 0.5) is 19.7 Å². The Kier molecular flexibility index (Phi) is 7.53. The van der Waals surface area contributed by atoms with Crippen LogP contribution in [0.1, 0.15) is 50.5 Å². The predicted octanol–water partition coefficient (Wildman–Crippen LogP) is 1.78. The number of ketones is 1. The lowest BCUT2D eigenvalue weighted by Gasteiger charge is -2.28. The number of anilines is 1. The van der Waals surface area contributed by atoms with Crippen molar-refractivity contribution in [2.45, 2.75) is 56.7 Å². The number of carbonyl (C=O) groups excluding carboxylic acids is 5. The van der Waals surface area contributed by atoms with Crippen LogP contribution in [0.15, 0.2) is 18.2 Å². The van der Waals surface area contributed by atoms with E-state index in [2.05, 4.69) is 0 Å². The zero-order valence-corrected chi connectivity index (χ0v) is 21.7. The number of benzene rings is 1. The highest BCUT2D eigenvalue weighted by atomic mass is 32.2. The van der Waals surface area contributed by atoms with Crippen LogP contribution >= 0.6 is 11.8 Å². The van der Waals surface area contributed by atoms with Gasteiger partial charge in [0.2, 0.25) is 22.4 Å². The quantitative estimate of drug-likeness (QED) is 0.533. The SMILES string of the molecule is CC(=O)N(C[C@H]1CN(c2ccc(C3CC[SH4]C(=O)C3=O)c(F)c2)C(=O)O1)C(=O)OC1(C(=O)O)CCCC1. The molecule has 2 aliphatic heterocycles. The molecule has 1 aromatic carbocycles. The molecular formula is C24H29FN2O9S. The zero-order chi connectivity index (χ0) is 26.9. The van der Waals surface area contributed by atoms with Crippen molar-refractivity contribution in [3.05, 3.63) is 29.6 Å². The van der Waals surface area contributed by atoms with Gasteiger partial charge in [-0.25, -0.2) is 23.7 Å². The monoisotopic (exact) mass is 540 g/mol. The van der Waals surface area contributed by atoms with Crippen LogP contribution in [0.2, 0.25) is 0 Å². The number of carboxylic acids is 1. The smallest absolute Gasteiger partial charge is 0.417 e. The Balaban J connectivity index is 1.45. The van der Waals surface area contributed by atoms with E-state index in [9.17, 15) is 38.3 Å². The first kappa shape index (κ1) is 26.6. The van der Waals surface area contributed by atoms with Crippen LogP contribution in [0, 0.1) is 5.82 Å². The fourth-order valence-corrected chi connectivity index (χ4v) is 6.50. The maximum absolute atomic E-state index is 14.9. The zero-order valence-electron chi connectivity index (χ0n) is 20.2. The molecule has 0 spiro atoms. The molecule has 0 aromatic heterocycles. The van der Waals surface area contributed by atoms with Crippen LogP contribution in [0.25, 0.3) is 0 Å². The Morgan fingerprint density at radius 2 is 1.95 bits per heavy atom. The summed E-state index contributed by atoms with van der Waals surface area (Å²) in [5.74, 6) is -3.50. The highest BCUT2D eigenvalue weighted by Crippen LogP contribution is 2.35. The van der Waals surface area contributed by atoms with Gasteiger partial charge < -0.3 is 14.6 Å². The summed E-state index contributed by atoms with van der Waals surface area (Å²) in [6, 6.07) is 3.90. The molecule has 0 radical (unpaired) electrons. The molecular weight excluding hydrogens is 511 g/mol. The van der Waals surface area contributed by atoms with Crippen molar-refractivity contribution in [1.82, 2.24) is 4.90 Å². The summed E-state index contributed by atoms with van der Waals surface area (Å²) in [4.78, 5) is 74.9. The molecule has 2 atom stereocenters. The normalized spacial score (nSPS) is 23.3. The summed E-state index contributed by atoms with van der Waals surface area (Å²) in [5, 5.41) is 9.16. The Labute approximate surface area is 215 Å². The Morgan fingerprint density at radius 1 is 1.24 bits per heavy atom. The number of Topliss-reactive ketones (excluding diaryl/α,β-unsaturated/α-hetero) is 1. The van der Waals surface area contributed by atoms with Crippen LogP contribution in [0.5, 0.6) is 0 Å². The highest BCUT2D eigenvalue weighted by Gasteiger charge is 2.47. The van der Waals surface area contributed by atoms with Crippen LogP contribution in [-0.4, -0.2) is 75.5 Å². The van der Waals surface area contributed by atoms with Gasteiger partial charge in [-0.3, -0.25) is 31.0 Å². The molecule has 1 aliphatic carbocycles. The molecule has 2 saturated heterocycles. The molecule has 13 heteroatoms. The summed E-state index contributed by atoms with van der Waals surface area (Å²) in [6.07, 6.45) is -1.13. The standard InChI is InChI=1S/C24H29FN2O9S/c1-13(28)26(23(34)36-24(21(31)32)7-2-3-8-24)11-15-12-27(22(33)35-15)14-4-5-16(18(25)10-14)17-6-9-37-20(30)19(17)29/h4-5,10,15,17H,2-3,6-9,11-12H2,1H3,37H4,(H,31,32)/t15-,17?/m0/s1. The van der Waals surface area contributed by atoms with E-state index in [1.54, 1.807) is 0 Å². The van der Waals surface area contributed by atoms with E-state index >= 15 is 0 Å². The minimum Gasteiger partial charge on any atom is -0.478 e. The molecule has 1 unspecified atom stereocenters. The largest absolute Gasteiger partial charge is 0.478 e. The number of carbonyl (C=O) groups is 6. The topological polar surface area (TPSA) is 148 Å². The molecule has 4 rings (SSSR count). The maximum Gasteiger partial charge on any atom is 0.417 e. The number of cyclic esters (lactones) is 1. The molecule has 37 heavy (non-hydrogen) atoms. The molecule has 11 nitrogen and oxygen atoms in total. The van der Waals surface area contributed by atoms with Crippen molar-refractivity contribution < 1.29 is 47.7 Å². The van der Waals surface area contributed by atoms with Crippen molar-refractivity contribution in [1.29, 1.82) is 0 Å². The van der Waals surface area contributed by atoms with Gasteiger partial charge in [-0.2, -0.15) is 0 Å². The minimum absolute atomic E-state index is 0.102. The second kappa shape index (κ2) is 10.5. The van der Waals surface area contributed by atoms with Gasteiger partial charge in [-0.1, -0.05) is 6.07 Å². The number of carboxylic acid groups (broad SMARTS) is 1. The van der Waals surface area contributed by atoms with Crippen molar-refractivity contribution in [2.24, 2.45) is 0 Å². The number of nitrogens with zero attached hydrogens (tertiary/aromatic N) is 2. The molecule has 1 aromatic rings. The van der Waals surface area contributed by atoms with Crippen molar-refractivity contribution in [3.63, 3.8) is 0 Å². The van der Waals surface area contributed by atoms with Crippen molar-refractivity contribution >= 4 is 52.4 Å². The average molecular weight is 541 g/mol. The number of hydrogen-bond acceptors (Lipinski definition) is 8. The van der Waals surface area contributed by atoms with Gasteiger partial charge in [-0.15, -0.1) is 0 Å². The Bertz CT molecular complexity index is 1170. The van der Waals surface area contributed by atoms with Crippen LogP contribution in [0.3, 0.4) is 0 Å². The van der Waals surface area contributed by atoms with E-state index in [0.29, 0.717) is 29.9 Å². The first-order valence-corrected chi connectivity index (χ1v) is 13.8. The Hall–Kier alpha value is -3.48. The summed E-state index contributed by atoms with van der Waals surface area (Å²) < 4.78 is 25.5. The third-order valence-electron chi connectivity index (χ3n) is 7.10. The third kappa shape index (κ3) is 5.31. The fraction of sp³-hybridized carbons (Fsp3) is 0.500. The van der Waals surface area contributed by atoms with Gasteiger partial charge in [0, 0.05) is 6.92 Å². The number of amides is 3. The van der Waals surface area contributed by atoms with E-state index in [1.165, 1.54) is 12.1 Å². The maximum atomic E-state index is 14.9. The van der Waals surface area contributed by atoms with E-state index in [4.69, 9.17) is 9.47 Å². The third-order valence-corrected chi connectivity index (χ3v) is 8.67. The van der Waals surface area contributed by atoms with Gasteiger partial charge in [0.05, 0.1) is 24.7 Å². The fourth-order valence-electron chi connectivity index (χ4n) is 5.07. The molecule has 2 heterocycles. The lowest BCUT2D eigenvalue weighted by molar-refractivity contribution is -0.160. The van der Waals surface area contributed by atoms with Gasteiger partial charge in [0.25, 0.3) is 0 Å². The number of ether oxygens (including phenoxy) is 2. The molecule has 3 fully saturated rings. The number of imide groups is 1. The minimum atomic E-state index is -1.70. The van der Waals surface area contributed by atoms with E-state index < -0.39 is 65.0 Å². The van der Waals surface area contributed by atoms with Gasteiger partial charge in [0.1, 0.15) is 11.9 Å². The summed E-state index contributed by atoms with van der Waals surface area (Å²) in [6.45, 7) is 0.603. The van der Waals surface area contributed by atoms with Crippen molar-refractivity contribution in [2.75, 3.05) is 23.7 Å². The lowest BCUT2D eigenvalue weighted by atomic mass is 9.91. The molecule has 3 amide bonds. The van der Waals surface area contributed by atoms with Gasteiger partial charge >= 0.3 is 18.2 Å². The Morgan fingerprint density at radius 3 is 2.57 bits per heavy atom.